The molecule has 2 aliphatic heterocycles. The molecule has 1 aromatic rings. The number of fused-ring (bicyclic) bond motifs is 1. The van der Waals surface area contributed by atoms with Crippen LogP contribution in [0.1, 0.15) is 60.9 Å². The summed E-state index contributed by atoms with van der Waals surface area (Å²) in [5.74, 6) is -2.83. The fourth-order valence-corrected chi connectivity index (χ4v) is 5.75. The number of sulfone groups is 1. The first kappa shape index (κ1) is 25.3. The molecule has 0 bridgehead atoms. The van der Waals surface area contributed by atoms with E-state index in [1.165, 1.54) is 23.1 Å². The maximum Gasteiger partial charge on any atom is 0.305 e. The van der Waals surface area contributed by atoms with Crippen molar-refractivity contribution in [2.45, 2.75) is 62.4 Å². The van der Waals surface area contributed by atoms with Crippen LogP contribution in [0.25, 0.3) is 0 Å². The first-order chi connectivity index (χ1) is 16.1. The van der Waals surface area contributed by atoms with Crippen molar-refractivity contribution in [1.82, 2.24) is 15.5 Å². The average molecular weight is 494 g/mol. The zero-order valence-electron chi connectivity index (χ0n) is 18.5. The second kappa shape index (κ2) is 10.8. The summed E-state index contributed by atoms with van der Waals surface area (Å²) < 4.78 is 26.0. The molecule has 1 unspecified atom stereocenters. The number of imide groups is 1. The third kappa shape index (κ3) is 5.99. The summed E-state index contributed by atoms with van der Waals surface area (Å²) in [7, 11) is -3.71. The summed E-state index contributed by atoms with van der Waals surface area (Å²) >= 11 is 0. The fraction of sp³-hybridized carbons (Fsp3) is 0.500. The molecule has 11 nitrogen and oxygen atoms in total. The molecular weight excluding hydrogens is 466 g/mol. The van der Waals surface area contributed by atoms with Crippen LogP contribution in [0.4, 0.5) is 0 Å². The van der Waals surface area contributed by atoms with Crippen molar-refractivity contribution in [3.8, 4) is 0 Å². The van der Waals surface area contributed by atoms with E-state index in [9.17, 15) is 32.4 Å². The maximum atomic E-state index is 13.0. The third-order valence-electron chi connectivity index (χ3n) is 5.85. The van der Waals surface area contributed by atoms with Gasteiger partial charge in [0.1, 0.15) is 6.04 Å². The van der Waals surface area contributed by atoms with E-state index in [1.54, 1.807) is 0 Å². The van der Waals surface area contributed by atoms with Crippen LogP contribution in [0.15, 0.2) is 23.1 Å². The zero-order chi connectivity index (χ0) is 24.9. The molecule has 0 spiro atoms. The van der Waals surface area contributed by atoms with Crippen LogP contribution in [0.2, 0.25) is 0 Å². The Kier molecular flexibility index (Phi) is 8.02. The minimum atomic E-state index is -3.71. The second-order valence-corrected chi connectivity index (χ2v) is 10.4. The maximum absolute atomic E-state index is 13.0. The van der Waals surface area contributed by atoms with Gasteiger partial charge in [-0.15, -0.1) is 0 Å². The third-order valence-corrected chi connectivity index (χ3v) is 7.73. The molecule has 0 radical (unpaired) electrons. The SMILES string of the molecule is O=C(O)CCNC(=O)CCCCCS(=O)(=O)c1cccc2c1CN(C1CCC(=O)NC1=O)C2=O. The highest BCUT2D eigenvalue weighted by Crippen LogP contribution is 2.32. The number of carboxylic acids is 1. The summed E-state index contributed by atoms with van der Waals surface area (Å²) in [6.45, 7) is 0.0303. The van der Waals surface area contributed by atoms with Crippen molar-refractivity contribution >= 4 is 39.4 Å². The lowest BCUT2D eigenvalue weighted by Crippen LogP contribution is -2.52. The molecule has 3 rings (SSSR count). The molecule has 2 aliphatic rings. The molecule has 12 heteroatoms. The first-order valence-electron chi connectivity index (χ1n) is 11.1. The van der Waals surface area contributed by atoms with E-state index in [-0.39, 0.29) is 60.9 Å². The van der Waals surface area contributed by atoms with Crippen molar-refractivity contribution in [3.05, 3.63) is 29.3 Å². The molecule has 2 heterocycles. The zero-order valence-corrected chi connectivity index (χ0v) is 19.4. The summed E-state index contributed by atoms with van der Waals surface area (Å²) in [6.07, 6.45) is 1.59. The van der Waals surface area contributed by atoms with Gasteiger partial charge in [-0.1, -0.05) is 12.5 Å². The smallest absolute Gasteiger partial charge is 0.305 e. The van der Waals surface area contributed by atoms with Gasteiger partial charge in [-0.3, -0.25) is 29.3 Å². The lowest BCUT2D eigenvalue weighted by Gasteiger charge is -2.29. The number of carbonyl (C=O) groups excluding carboxylic acids is 4. The molecule has 1 saturated heterocycles. The van der Waals surface area contributed by atoms with Gasteiger partial charge in [0, 0.05) is 37.1 Å². The van der Waals surface area contributed by atoms with E-state index >= 15 is 0 Å². The van der Waals surface area contributed by atoms with E-state index in [4.69, 9.17) is 5.11 Å². The Bertz CT molecular complexity index is 1120. The first-order valence-corrected chi connectivity index (χ1v) is 12.7. The number of rotatable bonds is 11. The summed E-state index contributed by atoms with van der Waals surface area (Å²) in [5, 5.41) is 13.3. The molecular formula is C22H27N3O8S. The lowest BCUT2D eigenvalue weighted by atomic mass is 10.0. The number of piperidine rings is 1. The Hall–Kier alpha value is -3.28. The van der Waals surface area contributed by atoms with Crippen LogP contribution in [-0.2, 0) is 35.6 Å². The van der Waals surface area contributed by atoms with Crippen LogP contribution >= 0.6 is 0 Å². The van der Waals surface area contributed by atoms with Gasteiger partial charge in [-0.2, -0.15) is 0 Å². The minimum absolute atomic E-state index is 0.0215. The monoisotopic (exact) mass is 493 g/mol. The molecule has 1 fully saturated rings. The van der Waals surface area contributed by atoms with E-state index < -0.39 is 39.6 Å². The number of carboxylic acid groups (broad SMARTS) is 1. The highest BCUT2D eigenvalue weighted by atomic mass is 32.2. The van der Waals surface area contributed by atoms with Crippen molar-refractivity contribution in [3.63, 3.8) is 0 Å². The Labute approximate surface area is 196 Å². The van der Waals surface area contributed by atoms with Crippen LogP contribution < -0.4 is 10.6 Å². The van der Waals surface area contributed by atoms with Gasteiger partial charge in [-0.05, 0) is 31.4 Å². The fourth-order valence-electron chi connectivity index (χ4n) is 4.11. The highest BCUT2D eigenvalue weighted by Gasteiger charge is 2.40. The highest BCUT2D eigenvalue weighted by molar-refractivity contribution is 7.91. The van der Waals surface area contributed by atoms with Gasteiger partial charge in [-0.25, -0.2) is 8.42 Å². The molecule has 1 aromatic carbocycles. The number of carbonyl (C=O) groups is 5. The Morgan fingerprint density at radius 1 is 1.12 bits per heavy atom. The minimum Gasteiger partial charge on any atom is -0.481 e. The Morgan fingerprint density at radius 3 is 2.59 bits per heavy atom. The quantitative estimate of drug-likeness (QED) is 0.294. The van der Waals surface area contributed by atoms with Gasteiger partial charge in [0.15, 0.2) is 9.84 Å². The van der Waals surface area contributed by atoms with Gasteiger partial charge < -0.3 is 15.3 Å². The van der Waals surface area contributed by atoms with Crippen molar-refractivity contribution < 1.29 is 37.5 Å². The molecule has 34 heavy (non-hydrogen) atoms. The number of amides is 4. The summed E-state index contributed by atoms with van der Waals surface area (Å²) in [5.41, 5.74) is 0.596. The van der Waals surface area contributed by atoms with Gasteiger partial charge >= 0.3 is 5.97 Å². The van der Waals surface area contributed by atoms with E-state index in [2.05, 4.69) is 10.6 Å². The average Bonchev–Trinajstić information content (AvgIpc) is 3.09. The number of hydrogen-bond donors (Lipinski definition) is 3. The van der Waals surface area contributed by atoms with Crippen LogP contribution in [0, 0.1) is 0 Å². The molecule has 1 atom stereocenters. The van der Waals surface area contributed by atoms with Crippen LogP contribution in [0.3, 0.4) is 0 Å². The number of aliphatic carboxylic acids is 1. The van der Waals surface area contributed by atoms with Crippen molar-refractivity contribution in [2.75, 3.05) is 12.3 Å². The molecule has 0 aromatic heterocycles. The summed E-state index contributed by atoms with van der Waals surface area (Å²) in [6, 6.07) is 3.66. The van der Waals surface area contributed by atoms with E-state index in [0.29, 0.717) is 24.8 Å². The molecule has 0 saturated carbocycles. The van der Waals surface area contributed by atoms with Gasteiger partial charge in [0.2, 0.25) is 17.7 Å². The number of nitrogens with one attached hydrogen (secondary N) is 2. The number of nitrogens with zero attached hydrogens (tertiary/aromatic N) is 1. The molecule has 184 valence electrons. The Morgan fingerprint density at radius 2 is 1.88 bits per heavy atom. The standard InChI is InChI=1S/C22H27N3O8S/c26-18(23-11-10-20(28)29)7-2-1-3-12-34(32,33)17-6-4-5-14-15(17)13-25(22(14)31)16-8-9-19(27)24-21(16)30/h4-6,16H,1-3,7-13H2,(H,23,26)(H,28,29)(H,24,27,30). The van der Waals surface area contributed by atoms with Crippen LogP contribution in [0.5, 0.6) is 0 Å². The molecule has 3 N–H and O–H groups in total. The van der Waals surface area contributed by atoms with E-state index in [0.717, 1.165) is 0 Å². The molecule has 0 aliphatic carbocycles. The normalized spacial score (nSPS) is 17.9. The second-order valence-electron chi connectivity index (χ2n) is 8.31. The van der Waals surface area contributed by atoms with Crippen molar-refractivity contribution in [1.29, 1.82) is 0 Å². The van der Waals surface area contributed by atoms with Gasteiger partial charge in [0.05, 0.1) is 17.1 Å². The van der Waals surface area contributed by atoms with Crippen LogP contribution in [-0.4, -0.2) is 66.4 Å². The predicted molar refractivity (Wildman–Crippen MR) is 118 cm³/mol. The largest absolute Gasteiger partial charge is 0.481 e. The topological polar surface area (TPSA) is 167 Å². The van der Waals surface area contributed by atoms with E-state index in [1.807, 2.05) is 0 Å². The summed E-state index contributed by atoms with van der Waals surface area (Å²) in [4.78, 5) is 60.0. The Balaban J connectivity index is 1.57. The number of benzene rings is 1. The van der Waals surface area contributed by atoms with Crippen molar-refractivity contribution in [2.24, 2.45) is 0 Å². The molecule has 4 amide bonds. The lowest BCUT2D eigenvalue weighted by molar-refractivity contribution is -0.138. The van der Waals surface area contributed by atoms with Gasteiger partial charge in [0.25, 0.3) is 5.91 Å². The number of hydrogen-bond acceptors (Lipinski definition) is 7. The number of unbranched alkanes of at least 4 members (excludes halogenated alkanes) is 2. The predicted octanol–water partition coefficient (Wildman–Crippen LogP) is 0.373.